The summed E-state index contributed by atoms with van der Waals surface area (Å²) >= 11 is 6.16. The Balaban J connectivity index is 2.58. The third-order valence-corrected chi connectivity index (χ3v) is 2.85. The van der Waals surface area contributed by atoms with E-state index in [9.17, 15) is 4.79 Å². The number of halogens is 1. The lowest BCUT2D eigenvalue weighted by molar-refractivity contribution is 0.415. The molecule has 0 fully saturated rings. The van der Waals surface area contributed by atoms with Gasteiger partial charge in [-0.1, -0.05) is 11.6 Å². The van der Waals surface area contributed by atoms with Gasteiger partial charge in [0.1, 0.15) is 5.75 Å². The summed E-state index contributed by atoms with van der Waals surface area (Å²) in [6, 6.07) is 6.65. The second-order valence-electron chi connectivity index (χ2n) is 3.66. The number of rotatable bonds is 3. The molecule has 1 aromatic carbocycles. The maximum atomic E-state index is 11.2. The van der Waals surface area contributed by atoms with Gasteiger partial charge in [0, 0.05) is 18.2 Å². The van der Waals surface area contributed by atoms with Gasteiger partial charge < -0.3 is 10.5 Å². The van der Waals surface area contributed by atoms with Crippen LogP contribution in [0.2, 0.25) is 5.02 Å². The summed E-state index contributed by atoms with van der Waals surface area (Å²) in [5, 5.41) is 6.86. The van der Waals surface area contributed by atoms with Crippen molar-refractivity contribution in [3.63, 3.8) is 0 Å². The Labute approximate surface area is 109 Å². The minimum absolute atomic E-state index is 0.217. The molecule has 1 heterocycles. The van der Waals surface area contributed by atoms with Gasteiger partial charge in [0.15, 0.2) is 0 Å². The zero-order chi connectivity index (χ0) is 13.1. The van der Waals surface area contributed by atoms with Crippen molar-refractivity contribution in [2.75, 3.05) is 7.11 Å². The molecule has 0 atom stereocenters. The van der Waals surface area contributed by atoms with Crippen LogP contribution < -0.4 is 16.0 Å². The number of H-pyrrole nitrogens is 1. The van der Waals surface area contributed by atoms with Crippen molar-refractivity contribution in [3.05, 3.63) is 45.2 Å². The van der Waals surface area contributed by atoms with Gasteiger partial charge >= 0.3 is 0 Å². The average Bonchev–Trinajstić information content (AvgIpc) is 2.39. The van der Waals surface area contributed by atoms with E-state index in [0.29, 0.717) is 27.6 Å². The summed E-state index contributed by atoms with van der Waals surface area (Å²) in [6.07, 6.45) is 0. The lowest BCUT2D eigenvalue weighted by Crippen LogP contribution is -2.12. The van der Waals surface area contributed by atoms with Gasteiger partial charge in [-0.15, -0.1) is 0 Å². The van der Waals surface area contributed by atoms with Crippen molar-refractivity contribution < 1.29 is 4.74 Å². The molecule has 0 aliphatic rings. The van der Waals surface area contributed by atoms with Crippen molar-refractivity contribution >= 4 is 11.6 Å². The molecule has 1 aromatic heterocycles. The SMILES string of the molecule is COc1ccc(-c2n[nH]c(=O)cc2CN)c(Cl)c1. The summed E-state index contributed by atoms with van der Waals surface area (Å²) in [7, 11) is 1.56. The van der Waals surface area contributed by atoms with Crippen LogP contribution in [0.3, 0.4) is 0 Å². The van der Waals surface area contributed by atoms with Gasteiger partial charge in [0.05, 0.1) is 17.8 Å². The third-order valence-electron chi connectivity index (χ3n) is 2.54. The van der Waals surface area contributed by atoms with E-state index in [4.69, 9.17) is 22.1 Å². The molecule has 0 aliphatic carbocycles. The zero-order valence-corrected chi connectivity index (χ0v) is 10.5. The first-order valence-corrected chi connectivity index (χ1v) is 5.66. The number of nitrogens with one attached hydrogen (secondary N) is 1. The first kappa shape index (κ1) is 12.6. The molecular weight excluding hydrogens is 254 g/mol. The molecule has 3 N–H and O–H groups in total. The van der Waals surface area contributed by atoms with Crippen LogP contribution in [0.4, 0.5) is 0 Å². The molecule has 18 heavy (non-hydrogen) atoms. The van der Waals surface area contributed by atoms with E-state index in [2.05, 4.69) is 10.2 Å². The van der Waals surface area contributed by atoms with E-state index in [-0.39, 0.29) is 12.1 Å². The van der Waals surface area contributed by atoms with Gasteiger partial charge in [-0.05, 0) is 23.8 Å². The lowest BCUT2D eigenvalue weighted by atomic mass is 10.1. The van der Waals surface area contributed by atoms with Crippen LogP contribution in [0, 0.1) is 0 Å². The van der Waals surface area contributed by atoms with Gasteiger partial charge in [0.2, 0.25) is 0 Å². The fraction of sp³-hybridized carbons (Fsp3) is 0.167. The molecule has 0 spiro atoms. The number of methoxy groups -OCH3 is 1. The number of hydrogen-bond donors (Lipinski definition) is 2. The van der Waals surface area contributed by atoms with Crippen LogP contribution >= 0.6 is 11.6 Å². The van der Waals surface area contributed by atoms with Crippen LogP contribution in [0.1, 0.15) is 5.56 Å². The molecule has 0 aliphatic heterocycles. The summed E-state index contributed by atoms with van der Waals surface area (Å²) in [6.45, 7) is 0.217. The highest BCUT2D eigenvalue weighted by molar-refractivity contribution is 6.33. The highest BCUT2D eigenvalue weighted by Crippen LogP contribution is 2.31. The average molecular weight is 266 g/mol. The highest BCUT2D eigenvalue weighted by atomic mass is 35.5. The Hall–Kier alpha value is -1.85. The molecule has 2 aromatic rings. The Morgan fingerprint density at radius 2 is 2.22 bits per heavy atom. The Morgan fingerprint density at radius 1 is 1.44 bits per heavy atom. The zero-order valence-electron chi connectivity index (χ0n) is 9.74. The predicted octanol–water partition coefficient (Wildman–Crippen LogP) is 1.56. The lowest BCUT2D eigenvalue weighted by Gasteiger charge is -2.09. The topological polar surface area (TPSA) is 81.0 Å². The summed E-state index contributed by atoms with van der Waals surface area (Å²) in [4.78, 5) is 11.2. The molecule has 0 bridgehead atoms. The minimum Gasteiger partial charge on any atom is -0.497 e. The molecule has 5 nitrogen and oxygen atoms in total. The normalized spacial score (nSPS) is 10.4. The maximum absolute atomic E-state index is 11.2. The number of benzene rings is 1. The van der Waals surface area contributed by atoms with Crippen molar-refractivity contribution in [2.24, 2.45) is 5.73 Å². The monoisotopic (exact) mass is 265 g/mol. The van der Waals surface area contributed by atoms with E-state index < -0.39 is 0 Å². The van der Waals surface area contributed by atoms with Crippen LogP contribution in [0.5, 0.6) is 5.75 Å². The van der Waals surface area contributed by atoms with E-state index in [1.807, 2.05) is 0 Å². The molecule has 94 valence electrons. The highest BCUT2D eigenvalue weighted by Gasteiger charge is 2.11. The van der Waals surface area contributed by atoms with E-state index in [0.717, 1.165) is 0 Å². The summed E-state index contributed by atoms with van der Waals surface area (Å²) in [5.41, 5.74) is 7.24. The second kappa shape index (κ2) is 5.20. The Bertz CT molecular complexity index is 625. The van der Waals surface area contributed by atoms with Gasteiger partial charge in [-0.3, -0.25) is 4.79 Å². The van der Waals surface area contributed by atoms with Gasteiger partial charge in [0.25, 0.3) is 5.56 Å². The number of nitrogens with two attached hydrogens (primary N) is 1. The van der Waals surface area contributed by atoms with Gasteiger partial charge in [-0.25, -0.2) is 5.10 Å². The molecule has 6 heteroatoms. The van der Waals surface area contributed by atoms with E-state index in [1.54, 1.807) is 25.3 Å². The molecule has 0 radical (unpaired) electrons. The fourth-order valence-electron chi connectivity index (χ4n) is 1.65. The molecule has 0 saturated carbocycles. The molecule has 0 unspecified atom stereocenters. The van der Waals surface area contributed by atoms with Crippen molar-refractivity contribution in [1.29, 1.82) is 0 Å². The predicted molar refractivity (Wildman–Crippen MR) is 69.7 cm³/mol. The Kier molecular flexibility index (Phi) is 3.64. The molecule has 0 amide bonds. The largest absolute Gasteiger partial charge is 0.497 e. The van der Waals surface area contributed by atoms with Gasteiger partial charge in [-0.2, -0.15) is 5.10 Å². The number of nitrogens with zero attached hydrogens (tertiary/aromatic N) is 1. The number of aromatic amines is 1. The standard InChI is InChI=1S/C12H12ClN3O2/c1-18-8-2-3-9(10(13)5-8)12-7(6-14)4-11(17)15-16-12/h2-5H,6,14H2,1H3,(H,15,17). The van der Waals surface area contributed by atoms with Crippen LogP contribution in [0.25, 0.3) is 11.3 Å². The Morgan fingerprint density at radius 3 is 2.83 bits per heavy atom. The summed E-state index contributed by atoms with van der Waals surface area (Å²) < 4.78 is 5.07. The smallest absolute Gasteiger partial charge is 0.264 e. The minimum atomic E-state index is -0.288. The first-order valence-electron chi connectivity index (χ1n) is 5.28. The number of hydrogen-bond acceptors (Lipinski definition) is 4. The molecule has 2 rings (SSSR count). The van der Waals surface area contributed by atoms with E-state index in [1.165, 1.54) is 6.07 Å². The second-order valence-corrected chi connectivity index (χ2v) is 4.06. The number of ether oxygens (including phenoxy) is 1. The van der Waals surface area contributed by atoms with Crippen molar-refractivity contribution in [3.8, 4) is 17.0 Å². The van der Waals surface area contributed by atoms with Crippen molar-refractivity contribution in [2.45, 2.75) is 6.54 Å². The quantitative estimate of drug-likeness (QED) is 0.882. The van der Waals surface area contributed by atoms with Crippen LogP contribution in [0.15, 0.2) is 29.1 Å². The fourth-order valence-corrected chi connectivity index (χ4v) is 1.91. The third kappa shape index (κ3) is 2.37. The van der Waals surface area contributed by atoms with Crippen LogP contribution in [-0.4, -0.2) is 17.3 Å². The maximum Gasteiger partial charge on any atom is 0.264 e. The van der Waals surface area contributed by atoms with Crippen LogP contribution in [-0.2, 0) is 6.54 Å². The first-order chi connectivity index (χ1) is 8.65. The summed E-state index contributed by atoms with van der Waals surface area (Å²) in [5.74, 6) is 0.655. The van der Waals surface area contributed by atoms with E-state index >= 15 is 0 Å². The number of aromatic nitrogens is 2. The molecule has 0 saturated heterocycles. The van der Waals surface area contributed by atoms with Crippen molar-refractivity contribution in [1.82, 2.24) is 10.2 Å². The molecular formula is C12H12ClN3O2.